The Morgan fingerprint density at radius 3 is 1.94 bits per heavy atom. The molecule has 0 spiro atoms. The van der Waals surface area contributed by atoms with E-state index in [0.717, 1.165) is 48.9 Å². The third-order valence-electron chi connectivity index (χ3n) is 11.0. The number of unbranched alkanes of at least 4 members (excludes halogenated alkanes) is 5. The number of carboxylic acid groups (broad SMARTS) is 1. The number of phenolic OH excluding ortho intramolecular Hbond substituents is 1. The second-order valence-corrected chi connectivity index (χ2v) is 17.5. The highest BCUT2D eigenvalue weighted by Crippen LogP contribution is 2.23. The monoisotopic (exact) mass is 866 g/mol. The molecule has 14 nitrogen and oxygen atoms in total. The summed E-state index contributed by atoms with van der Waals surface area (Å²) in [6.07, 6.45) is 10.3. The van der Waals surface area contributed by atoms with Crippen molar-refractivity contribution < 1.29 is 34.2 Å². The number of nitrogens with two attached hydrogens (primary N) is 1. The van der Waals surface area contributed by atoms with Crippen molar-refractivity contribution in [1.82, 2.24) is 30.8 Å². The molecule has 4 aromatic rings. The van der Waals surface area contributed by atoms with Gasteiger partial charge < -0.3 is 41.8 Å². The van der Waals surface area contributed by atoms with Crippen molar-refractivity contribution >= 4 is 29.6 Å². The number of aryl methyl sites for hydroxylation is 1. The number of hydrogen-bond donors (Lipinski definition) is 7. The molecule has 4 rings (SSSR count). The molecule has 0 bridgehead atoms. The van der Waals surface area contributed by atoms with Crippen molar-refractivity contribution in [3.63, 3.8) is 0 Å². The number of carboxylic acids is 1. The van der Waals surface area contributed by atoms with Crippen LogP contribution in [0.4, 0.5) is 0 Å². The summed E-state index contributed by atoms with van der Waals surface area (Å²) >= 11 is 0. The molecule has 0 saturated heterocycles. The summed E-state index contributed by atoms with van der Waals surface area (Å²) in [6, 6.07) is 16.8. The van der Waals surface area contributed by atoms with Gasteiger partial charge in [0.25, 0.3) is 0 Å². The van der Waals surface area contributed by atoms with Gasteiger partial charge in [0.15, 0.2) is 0 Å². The van der Waals surface area contributed by atoms with Crippen LogP contribution in [0.2, 0.25) is 0 Å². The molecule has 340 valence electrons. The summed E-state index contributed by atoms with van der Waals surface area (Å²) in [6.45, 7) is 10.9. The normalized spacial score (nSPS) is 13.3. The molecule has 4 atom stereocenters. The van der Waals surface area contributed by atoms with Crippen molar-refractivity contribution in [1.29, 1.82) is 0 Å². The summed E-state index contributed by atoms with van der Waals surface area (Å²) < 4.78 is 1.85. The summed E-state index contributed by atoms with van der Waals surface area (Å²) in [5.41, 5.74) is 11.4. The molecule has 4 amide bonds. The Hall–Kier alpha value is -6.02. The summed E-state index contributed by atoms with van der Waals surface area (Å²) in [7, 11) is 0. The fourth-order valence-corrected chi connectivity index (χ4v) is 7.07. The molecule has 3 aromatic carbocycles. The number of aromatic hydroxyl groups is 1. The number of hydrogen-bond acceptors (Lipinski definition) is 8. The Kier molecular flexibility index (Phi) is 19.4. The van der Waals surface area contributed by atoms with Crippen LogP contribution in [0.25, 0.3) is 5.69 Å². The number of rotatable bonds is 25. The number of phenols is 1. The van der Waals surface area contributed by atoms with Crippen molar-refractivity contribution in [2.45, 2.75) is 141 Å². The molecule has 0 fully saturated rings. The Balaban J connectivity index is 1.48. The first-order chi connectivity index (χ1) is 30.0. The van der Waals surface area contributed by atoms with Gasteiger partial charge in [-0.3, -0.25) is 19.2 Å². The van der Waals surface area contributed by atoms with E-state index in [4.69, 9.17) is 5.73 Å². The van der Waals surface area contributed by atoms with Crippen LogP contribution in [-0.2, 0) is 48.7 Å². The predicted molar refractivity (Wildman–Crippen MR) is 244 cm³/mol. The number of aromatic nitrogens is 2. The van der Waals surface area contributed by atoms with E-state index in [0.29, 0.717) is 37.1 Å². The second kappa shape index (κ2) is 24.6. The summed E-state index contributed by atoms with van der Waals surface area (Å²) in [4.78, 5) is 71.1. The molecule has 1 heterocycles. The number of nitrogens with one attached hydrogen (secondary N) is 4. The van der Waals surface area contributed by atoms with Crippen LogP contribution >= 0.6 is 0 Å². The first-order valence-corrected chi connectivity index (χ1v) is 22.2. The van der Waals surface area contributed by atoms with Crippen LogP contribution in [0, 0.1) is 6.92 Å². The maximum atomic E-state index is 14.2. The standard InChI is InChI=1S/C49H67N7O7/c1-6-7-8-9-10-14-44(58)51-27-12-11-13-41(53-45(59)40(50)30-37-31-56(32-52-37)38-23-21-36(22-24-38)49(3,4)5)46(60)54-42(28-34-17-15-33(2)16-18-34)47(61)55-43(48(62)63)29-35-19-25-39(57)26-20-35/h15-26,31-32,40-43,57H,6-14,27-30,50H2,1-5H3,(H,51,58)(H,53,59)(H,54,60)(H,55,61)(H,62,63). The lowest BCUT2D eigenvalue weighted by Crippen LogP contribution is -2.58. The van der Waals surface area contributed by atoms with Gasteiger partial charge >= 0.3 is 5.97 Å². The van der Waals surface area contributed by atoms with E-state index in [-0.39, 0.29) is 42.8 Å². The fourth-order valence-electron chi connectivity index (χ4n) is 7.07. The highest BCUT2D eigenvalue weighted by Gasteiger charge is 2.31. The van der Waals surface area contributed by atoms with Crippen molar-refractivity contribution in [2.24, 2.45) is 5.73 Å². The van der Waals surface area contributed by atoms with Gasteiger partial charge in [0.05, 0.1) is 18.1 Å². The number of amides is 4. The Bertz CT molecular complexity index is 2080. The van der Waals surface area contributed by atoms with Crippen LogP contribution in [-0.4, -0.2) is 80.1 Å². The van der Waals surface area contributed by atoms with Gasteiger partial charge in [-0.05, 0) is 79.0 Å². The molecule has 0 saturated carbocycles. The van der Waals surface area contributed by atoms with E-state index in [2.05, 4.69) is 66.1 Å². The molecular formula is C49H67N7O7. The first-order valence-electron chi connectivity index (χ1n) is 22.2. The highest BCUT2D eigenvalue weighted by atomic mass is 16.4. The SMILES string of the molecule is CCCCCCCC(=O)NCCCCC(NC(=O)C(N)Cc1cn(-c2ccc(C(C)(C)C)cc2)cn1)C(=O)NC(Cc1ccc(C)cc1)C(=O)NC(Cc1ccc(O)cc1)C(=O)O. The molecule has 14 heteroatoms. The van der Waals surface area contributed by atoms with Crippen LogP contribution in [0.3, 0.4) is 0 Å². The minimum Gasteiger partial charge on any atom is -0.508 e. The maximum absolute atomic E-state index is 14.2. The van der Waals surface area contributed by atoms with Crippen LogP contribution in [0.1, 0.15) is 113 Å². The molecule has 0 radical (unpaired) electrons. The van der Waals surface area contributed by atoms with E-state index in [1.54, 1.807) is 18.5 Å². The summed E-state index contributed by atoms with van der Waals surface area (Å²) in [5, 5.41) is 30.9. The van der Waals surface area contributed by atoms with E-state index >= 15 is 0 Å². The zero-order valence-corrected chi connectivity index (χ0v) is 37.5. The topological polar surface area (TPSA) is 218 Å². The second-order valence-electron chi connectivity index (χ2n) is 17.5. The minimum atomic E-state index is -1.34. The first kappa shape index (κ1) is 49.6. The van der Waals surface area contributed by atoms with Gasteiger partial charge in [-0.1, -0.05) is 107 Å². The molecule has 0 aliphatic heterocycles. The van der Waals surface area contributed by atoms with Crippen molar-refractivity contribution in [2.75, 3.05) is 6.54 Å². The smallest absolute Gasteiger partial charge is 0.326 e. The van der Waals surface area contributed by atoms with Gasteiger partial charge in [0.1, 0.15) is 23.9 Å². The fraction of sp³-hybridized carbons (Fsp3) is 0.469. The lowest BCUT2D eigenvalue weighted by Gasteiger charge is -2.25. The third-order valence-corrected chi connectivity index (χ3v) is 11.0. The lowest BCUT2D eigenvalue weighted by atomic mass is 9.87. The van der Waals surface area contributed by atoms with Gasteiger partial charge in [-0.25, -0.2) is 9.78 Å². The quantitative estimate of drug-likeness (QED) is 0.0405. The van der Waals surface area contributed by atoms with Gasteiger partial charge in [-0.15, -0.1) is 0 Å². The molecule has 0 aliphatic rings. The number of carbonyl (C=O) groups excluding carboxylic acids is 4. The van der Waals surface area contributed by atoms with Gasteiger partial charge in [-0.2, -0.15) is 0 Å². The molecular weight excluding hydrogens is 799 g/mol. The Morgan fingerprint density at radius 1 is 0.714 bits per heavy atom. The number of nitrogens with zero attached hydrogens (tertiary/aromatic N) is 2. The van der Waals surface area contributed by atoms with Crippen LogP contribution in [0.15, 0.2) is 85.3 Å². The van der Waals surface area contributed by atoms with Crippen LogP contribution < -0.4 is 27.0 Å². The van der Waals surface area contributed by atoms with Gasteiger partial charge in [0.2, 0.25) is 23.6 Å². The lowest BCUT2D eigenvalue weighted by molar-refractivity contribution is -0.142. The molecule has 1 aromatic heterocycles. The highest BCUT2D eigenvalue weighted by molar-refractivity contribution is 5.94. The maximum Gasteiger partial charge on any atom is 0.326 e. The Morgan fingerprint density at radius 2 is 1.30 bits per heavy atom. The number of imidazole rings is 1. The zero-order valence-electron chi connectivity index (χ0n) is 37.5. The number of carbonyl (C=O) groups is 5. The van der Waals surface area contributed by atoms with Gasteiger partial charge in [0, 0.05) is 44.1 Å². The minimum absolute atomic E-state index is 0.00395. The van der Waals surface area contributed by atoms with Crippen molar-refractivity contribution in [3.05, 3.63) is 113 Å². The summed E-state index contributed by atoms with van der Waals surface area (Å²) in [5.74, 6) is -3.24. The van der Waals surface area contributed by atoms with E-state index in [1.165, 1.54) is 17.7 Å². The molecule has 8 N–H and O–H groups in total. The molecule has 63 heavy (non-hydrogen) atoms. The molecule has 4 unspecified atom stereocenters. The average molecular weight is 866 g/mol. The largest absolute Gasteiger partial charge is 0.508 e. The van der Waals surface area contributed by atoms with E-state index in [9.17, 15) is 34.2 Å². The van der Waals surface area contributed by atoms with Crippen LogP contribution in [0.5, 0.6) is 5.75 Å². The van der Waals surface area contributed by atoms with E-state index in [1.807, 2.05) is 54.1 Å². The third kappa shape index (κ3) is 17.0. The Labute approximate surface area is 371 Å². The molecule has 0 aliphatic carbocycles. The number of benzene rings is 3. The van der Waals surface area contributed by atoms with E-state index < -0.39 is 47.9 Å². The van der Waals surface area contributed by atoms with Crippen molar-refractivity contribution in [3.8, 4) is 11.4 Å². The zero-order chi connectivity index (χ0) is 45.9. The number of aliphatic carboxylic acids is 1. The predicted octanol–water partition coefficient (Wildman–Crippen LogP) is 5.73. The average Bonchev–Trinajstić information content (AvgIpc) is 3.72.